The zero-order valence-corrected chi connectivity index (χ0v) is 13.1. The molecule has 0 bridgehead atoms. The molecule has 2 nitrogen and oxygen atoms in total. The Morgan fingerprint density at radius 1 is 1.10 bits per heavy atom. The van der Waals surface area contributed by atoms with Crippen molar-refractivity contribution in [1.29, 1.82) is 0 Å². The van der Waals surface area contributed by atoms with Crippen molar-refractivity contribution in [3.63, 3.8) is 0 Å². The van der Waals surface area contributed by atoms with Crippen molar-refractivity contribution in [1.82, 2.24) is 0 Å². The normalized spacial score (nSPS) is 16.2. The second kappa shape index (κ2) is 6.43. The molecule has 0 heterocycles. The summed E-state index contributed by atoms with van der Waals surface area (Å²) in [6.07, 6.45) is -0.671. The van der Waals surface area contributed by atoms with Gasteiger partial charge in [0.15, 0.2) is 0 Å². The van der Waals surface area contributed by atoms with Crippen LogP contribution in [0.1, 0.15) is 52.7 Å². The number of hydrogen-bond acceptors (Lipinski definition) is 2. The highest BCUT2D eigenvalue weighted by Crippen LogP contribution is 2.35. The SMILES string of the molecule is CC(C)[C@@](O)(CC#CC(C)(C)C)[C@H](O)c1ccccc1. The van der Waals surface area contributed by atoms with E-state index in [9.17, 15) is 10.2 Å². The van der Waals surface area contributed by atoms with Crippen molar-refractivity contribution in [3.05, 3.63) is 35.9 Å². The molecule has 20 heavy (non-hydrogen) atoms. The molecule has 1 aromatic rings. The molecular formula is C18H26O2. The first-order chi connectivity index (χ1) is 9.17. The van der Waals surface area contributed by atoms with Crippen LogP contribution in [0.3, 0.4) is 0 Å². The first-order valence-electron chi connectivity index (χ1n) is 7.12. The van der Waals surface area contributed by atoms with Crippen molar-refractivity contribution in [2.24, 2.45) is 11.3 Å². The van der Waals surface area contributed by atoms with Crippen LogP contribution >= 0.6 is 0 Å². The monoisotopic (exact) mass is 274 g/mol. The van der Waals surface area contributed by atoms with Crippen molar-refractivity contribution < 1.29 is 10.2 Å². The average molecular weight is 274 g/mol. The number of aliphatic hydroxyl groups is 2. The standard InChI is InChI=1S/C18H26O2/c1-14(2)18(20,13-9-12-17(3,4)5)16(19)15-10-7-6-8-11-15/h6-8,10-11,14,16,19-20H,13H2,1-5H3/t16-,18+/m1/s1. The molecule has 0 aliphatic heterocycles. The van der Waals surface area contributed by atoms with Gasteiger partial charge >= 0.3 is 0 Å². The molecule has 0 saturated carbocycles. The number of aliphatic hydroxyl groups excluding tert-OH is 1. The molecule has 0 aliphatic carbocycles. The summed E-state index contributed by atoms with van der Waals surface area (Å²) in [5.74, 6) is 6.06. The van der Waals surface area contributed by atoms with Crippen LogP contribution in [0, 0.1) is 23.2 Å². The van der Waals surface area contributed by atoms with Crippen molar-refractivity contribution >= 4 is 0 Å². The van der Waals surface area contributed by atoms with Crippen LogP contribution in [-0.2, 0) is 0 Å². The lowest BCUT2D eigenvalue weighted by Gasteiger charge is -2.35. The molecule has 0 spiro atoms. The molecule has 0 fully saturated rings. The average Bonchev–Trinajstić information content (AvgIpc) is 2.37. The lowest BCUT2D eigenvalue weighted by Crippen LogP contribution is -2.41. The fourth-order valence-electron chi connectivity index (χ4n) is 1.99. The van der Waals surface area contributed by atoms with E-state index < -0.39 is 11.7 Å². The smallest absolute Gasteiger partial charge is 0.109 e. The van der Waals surface area contributed by atoms with Crippen LogP contribution in [0.5, 0.6) is 0 Å². The predicted octanol–water partition coefficient (Wildman–Crippen LogP) is 3.55. The predicted molar refractivity (Wildman–Crippen MR) is 83.0 cm³/mol. The summed E-state index contributed by atoms with van der Waals surface area (Å²) in [7, 11) is 0. The van der Waals surface area contributed by atoms with Crippen LogP contribution < -0.4 is 0 Å². The summed E-state index contributed by atoms with van der Waals surface area (Å²) in [4.78, 5) is 0. The lowest BCUT2D eigenvalue weighted by atomic mass is 9.79. The summed E-state index contributed by atoms with van der Waals surface area (Å²) in [6.45, 7) is 9.90. The van der Waals surface area contributed by atoms with Gasteiger partial charge in [0.1, 0.15) is 11.7 Å². The number of rotatable bonds is 4. The zero-order valence-electron chi connectivity index (χ0n) is 13.1. The van der Waals surface area contributed by atoms with Gasteiger partial charge in [-0.3, -0.25) is 0 Å². The third kappa shape index (κ3) is 4.37. The highest BCUT2D eigenvalue weighted by molar-refractivity contribution is 5.22. The molecule has 110 valence electrons. The van der Waals surface area contributed by atoms with Gasteiger partial charge in [-0.2, -0.15) is 0 Å². The molecule has 2 heteroatoms. The van der Waals surface area contributed by atoms with E-state index in [-0.39, 0.29) is 17.8 Å². The van der Waals surface area contributed by atoms with E-state index in [0.29, 0.717) is 0 Å². The molecule has 0 aliphatic rings. The molecule has 2 N–H and O–H groups in total. The van der Waals surface area contributed by atoms with E-state index >= 15 is 0 Å². The minimum atomic E-state index is -1.24. The molecule has 1 aromatic carbocycles. The second-order valence-electron chi connectivity index (χ2n) is 6.69. The van der Waals surface area contributed by atoms with E-state index in [1.54, 1.807) is 0 Å². The molecule has 0 saturated heterocycles. The van der Waals surface area contributed by atoms with Gasteiger partial charge in [-0.1, -0.05) is 56.0 Å². The van der Waals surface area contributed by atoms with Crippen molar-refractivity contribution in [2.45, 2.75) is 52.7 Å². The van der Waals surface area contributed by atoms with Gasteiger partial charge in [0.25, 0.3) is 0 Å². The topological polar surface area (TPSA) is 40.5 Å². The van der Waals surface area contributed by atoms with Gasteiger partial charge in [-0.05, 0) is 32.3 Å². The third-order valence-corrected chi connectivity index (χ3v) is 3.42. The largest absolute Gasteiger partial charge is 0.386 e. The van der Waals surface area contributed by atoms with E-state index in [0.717, 1.165) is 5.56 Å². The molecule has 0 amide bonds. The minimum absolute atomic E-state index is 0.0908. The van der Waals surface area contributed by atoms with Gasteiger partial charge in [0, 0.05) is 11.8 Å². The van der Waals surface area contributed by atoms with E-state index in [1.165, 1.54) is 0 Å². The van der Waals surface area contributed by atoms with Crippen molar-refractivity contribution in [2.75, 3.05) is 0 Å². The molecule has 1 rings (SSSR count). The van der Waals surface area contributed by atoms with E-state index in [4.69, 9.17) is 0 Å². The van der Waals surface area contributed by atoms with E-state index in [2.05, 4.69) is 11.8 Å². The Morgan fingerprint density at radius 3 is 2.10 bits per heavy atom. The first-order valence-corrected chi connectivity index (χ1v) is 7.12. The summed E-state index contributed by atoms with van der Waals surface area (Å²) in [5.41, 5.74) is -0.615. The molecular weight excluding hydrogens is 248 g/mol. The summed E-state index contributed by atoms with van der Waals surface area (Å²) >= 11 is 0. The second-order valence-corrected chi connectivity index (χ2v) is 6.69. The fraction of sp³-hybridized carbons (Fsp3) is 0.556. The summed E-state index contributed by atoms with van der Waals surface area (Å²) in [5, 5.41) is 21.4. The van der Waals surface area contributed by atoms with Crippen LogP contribution in [0.25, 0.3) is 0 Å². The summed E-state index contributed by atoms with van der Waals surface area (Å²) in [6, 6.07) is 9.27. The Kier molecular flexibility index (Phi) is 5.39. The Hall–Kier alpha value is -1.30. The van der Waals surface area contributed by atoms with Gasteiger partial charge in [-0.25, -0.2) is 0 Å². The Labute approximate surface area is 122 Å². The maximum Gasteiger partial charge on any atom is 0.109 e. The van der Waals surface area contributed by atoms with Gasteiger partial charge in [0.05, 0.1) is 0 Å². The molecule has 0 radical (unpaired) electrons. The van der Waals surface area contributed by atoms with E-state index in [1.807, 2.05) is 65.0 Å². The minimum Gasteiger partial charge on any atom is -0.386 e. The Morgan fingerprint density at radius 2 is 1.65 bits per heavy atom. The van der Waals surface area contributed by atoms with Crippen LogP contribution in [0.4, 0.5) is 0 Å². The Balaban J connectivity index is 3.00. The van der Waals surface area contributed by atoms with Gasteiger partial charge in [-0.15, -0.1) is 0 Å². The van der Waals surface area contributed by atoms with Gasteiger partial charge in [0.2, 0.25) is 0 Å². The zero-order chi connectivity index (χ0) is 15.4. The number of hydrogen-bond donors (Lipinski definition) is 2. The van der Waals surface area contributed by atoms with Gasteiger partial charge < -0.3 is 10.2 Å². The summed E-state index contributed by atoms with van der Waals surface area (Å²) < 4.78 is 0. The lowest BCUT2D eigenvalue weighted by molar-refractivity contribution is -0.104. The first kappa shape index (κ1) is 16.8. The van der Waals surface area contributed by atoms with Crippen LogP contribution in [0.2, 0.25) is 0 Å². The van der Waals surface area contributed by atoms with Crippen LogP contribution in [0.15, 0.2) is 30.3 Å². The number of benzene rings is 1. The highest BCUT2D eigenvalue weighted by atomic mass is 16.3. The quantitative estimate of drug-likeness (QED) is 0.824. The molecule has 2 atom stereocenters. The highest BCUT2D eigenvalue weighted by Gasteiger charge is 2.39. The maximum atomic E-state index is 10.9. The van der Waals surface area contributed by atoms with Crippen LogP contribution in [-0.4, -0.2) is 15.8 Å². The molecule has 0 unspecified atom stereocenters. The molecule has 0 aromatic heterocycles. The Bertz CT molecular complexity index is 474. The van der Waals surface area contributed by atoms with Crippen molar-refractivity contribution in [3.8, 4) is 11.8 Å². The maximum absolute atomic E-state index is 10.9. The third-order valence-electron chi connectivity index (χ3n) is 3.42. The fourth-order valence-corrected chi connectivity index (χ4v) is 1.99.